The molecular formula is C15H30IN3O2S. The van der Waals surface area contributed by atoms with Crippen LogP contribution in [0.25, 0.3) is 0 Å². The maximum absolute atomic E-state index is 10.4. The van der Waals surface area contributed by atoms with Crippen LogP contribution in [-0.4, -0.2) is 73.5 Å². The van der Waals surface area contributed by atoms with Gasteiger partial charge >= 0.3 is 0 Å². The molecule has 2 rings (SSSR count). The first-order valence-corrected chi connectivity index (χ1v) is 9.08. The van der Waals surface area contributed by atoms with E-state index < -0.39 is 5.60 Å². The second-order valence-corrected chi connectivity index (χ2v) is 7.30. The summed E-state index contributed by atoms with van der Waals surface area (Å²) in [6.45, 7) is 3.41. The molecule has 2 heterocycles. The van der Waals surface area contributed by atoms with Gasteiger partial charge in [0.15, 0.2) is 5.96 Å². The molecule has 5 nitrogen and oxygen atoms in total. The van der Waals surface area contributed by atoms with E-state index in [1.165, 1.54) is 19.3 Å². The van der Waals surface area contributed by atoms with E-state index in [9.17, 15) is 5.11 Å². The summed E-state index contributed by atoms with van der Waals surface area (Å²) in [6, 6.07) is 0. The highest BCUT2D eigenvalue weighted by Gasteiger charge is 2.31. The van der Waals surface area contributed by atoms with Crippen molar-refractivity contribution < 1.29 is 9.84 Å². The van der Waals surface area contributed by atoms with Crippen LogP contribution in [0.1, 0.15) is 25.7 Å². The maximum Gasteiger partial charge on any atom is 0.193 e. The van der Waals surface area contributed by atoms with E-state index in [2.05, 4.69) is 22.3 Å². The van der Waals surface area contributed by atoms with Gasteiger partial charge < -0.3 is 20.1 Å². The van der Waals surface area contributed by atoms with E-state index >= 15 is 0 Å². The number of guanidine groups is 1. The predicted octanol–water partition coefficient (Wildman–Crippen LogP) is 1.80. The summed E-state index contributed by atoms with van der Waals surface area (Å²) in [5.41, 5.74) is -0.567. The fourth-order valence-corrected chi connectivity index (χ4v) is 4.18. The molecule has 0 radical (unpaired) electrons. The lowest BCUT2D eigenvalue weighted by Gasteiger charge is -2.29. The molecule has 0 aliphatic carbocycles. The monoisotopic (exact) mass is 443 g/mol. The molecule has 22 heavy (non-hydrogen) atoms. The Bertz CT molecular complexity index is 346. The molecule has 2 saturated heterocycles. The number of nitrogens with zero attached hydrogens (tertiary/aromatic N) is 2. The van der Waals surface area contributed by atoms with Crippen molar-refractivity contribution in [3.05, 3.63) is 0 Å². The van der Waals surface area contributed by atoms with Crippen LogP contribution in [0.5, 0.6) is 0 Å². The quantitative estimate of drug-likeness (QED) is 0.386. The fourth-order valence-electron chi connectivity index (χ4n) is 2.88. The molecular weight excluding hydrogens is 413 g/mol. The Morgan fingerprint density at radius 1 is 1.45 bits per heavy atom. The third-order valence-corrected chi connectivity index (χ3v) is 5.68. The molecule has 1 unspecified atom stereocenters. The smallest absolute Gasteiger partial charge is 0.193 e. The summed E-state index contributed by atoms with van der Waals surface area (Å²) in [5, 5.41) is 13.7. The lowest BCUT2D eigenvalue weighted by atomic mass is 9.96. The number of thioether (sulfide) groups is 1. The first kappa shape index (κ1) is 20.3. The zero-order valence-corrected chi connectivity index (χ0v) is 16.9. The predicted molar refractivity (Wildman–Crippen MR) is 104 cm³/mol. The minimum absolute atomic E-state index is 0. The fraction of sp³-hybridized carbons (Fsp3) is 0.933. The van der Waals surface area contributed by atoms with Crippen molar-refractivity contribution in [3.8, 4) is 0 Å². The molecule has 0 saturated carbocycles. The Labute approximate surface area is 155 Å². The normalized spacial score (nSPS) is 26.6. The van der Waals surface area contributed by atoms with Gasteiger partial charge in [0.2, 0.25) is 0 Å². The molecule has 7 heteroatoms. The van der Waals surface area contributed by atoms with Gasteiger partial charge in [0.05, 0.1) is 5.60 Å². The number of rotatable bonds is 5. The molecule has 2 aliphatic heterocycles. The number of nitrogens with one attached hydrogen (secondary N) is 1. The van der Waals surface area contributed by atoms with E-state index in [1.807, 2.05) is 11.8 Å². The van der Waals surface area contributed by atoms with Crippen LogP contribution in [0.15, 0.2) is 4.99 Å². The lowest BCUT2D eigenvalue weighted by molar-refractivity contribution is 0.0620. The zero-order valence-electron chi connectivity index (χ0n) is 13.7. The first-order valence-electron chi connectivity index (χ1n) is 7.93. The average Bonchev–Trinajstić information content (AvgIpc) is 2.94. The van der Waals surface area contributed by atoms with Crippen molar-refractivity contribution in [2.45, 2.75) is 31.3 Å². The summed E-state index contributed by atoms with van der Waals surface area (Å²) in [7, 11) is 3.88. The molecule has 130 valence electrons. The number of ether oxygens (including phenoxy) is 1. The first-order chi connectivity index (χ1) is 10.1. The van der Waals surface area contributed by atoms with Crippen molar-refractivity contribution in [2.75, 3.05) is 51.9 Å². The van der Waals surface area contributed by atoms with Gasteiger partial charge in [0.1, 0.15) is 0 Å². The van der Waals surface area contributed by atoms with Crippen LogP contribution in [0.4, 0.5) is 0 Å². The topological polar surface area (TPSA) is 57.1 Å². The van der Waals surface area contributed by atoms with Crippen LogP contribution in [-0.2, 0) is 4.74 Å². The molecule has 0 bridgehead atoms. The molecule has 2 N–H and O–H groups in total. The van der Waals surface area contributed by atoms with Crippen LogP contribution >= 0.6 is 35.7 Å². The second-order valence-electron chi connectivity index (χ2n) is 6.19. The van der Waals surface area contributed by atoms with E-state index in [0.29, 0.717) is 6.54 Å². The van der Waals surface area contributed by atoms with Crippen LogP contribution < -0.4 is 5.32 Å². The standard InChI is InChI=1S/C15H29N3O2S.HI/c1-16-14(17-11-15(19)6-10-21-12-15)18(2)7-3-13-4-8-20-9-5-13;/h13,19H,3-12H2,1-2H3,(H,16,17);1H. The summed E-state index contributed by atoms with van der Waals surface area (Å²) in [6.07, 6.45) is 4.40. The maximum atomic E-state index is 10.4. The number of aliphatic hydroxyl groups is 1. The highest BCUT2D eigenvalue weighted by atomic mass is 127. The Kier molecular flexibility index (Phi) is 9.42. The minimum Gasteiger partial charge on any atom is -0.387 e. The van der Waals surface area contributed by atoms with Gasteiger partial charge in [-0.25, -0.2) is 0 Å². The Balaban J connectivity index is 0.00000242. The molecule has 0 spiro atoms. The average molecular weight is 443 g/mol. The van der Waals surface area contributed by atoms with E-state index in [1.54, 1.807) is 7.05 Å². The van der Waals surface area contributed by atoms with Crippen molar-refractivity contribution >= 4 is 41.7 Å². The van der Waals surface area contributed by atoms with Gasteiger partial charge in [-0.05, 0) is 37.4 Å². The summed E-state index contributed by atoms with van der Waals surface area (Å²) in [4.78, 5) is 6.50. The molecule has 0 amide bonds. The Morgan fingerprint density at radius 2 is 2.18 bits per heavy atom. The highest BCUT2D eigenvalue weighted by molar-refractivity contribution is 14.0. The third kappa shape index (κ3) is 6.41. The van der Waals surface area contributed by atoms with Crippen molar-refractivity contribution in [1.82, 2.24) is 10.2 Å². The lowest BCUT2D eigenvalue weighted by Crippen LogP contribution is -2.48. The summed E-state index contributed by atoms with van der Waals surface area (Å²) in [5.74, 6) is 3.53. The van der Waals surface area contributed by atoms with Gasteiger partial charge in [0.25, 0.3) is 0 Å². The van der Waals surface area contributed by atoms with E-state index in [0.717, 1.165) is 49.6 Å². The minimum atomic E-state index is -0.567. The molecule has 2 aliphatic rings. The third-order valence-electron chi connectivity index (χ3n) is 4.45. The second kappa shape index (κ2) is 10.2. The highest BCUT2D eigenvalue weighted by Crippen LogP contribution is 2.27. The largest absolute Gasteiger partial charge is 0.387 e. The van der Waals surface area contributed by atoms with Crippen molar-refractivity contribution in [3.63, 3.8) is 0 Å². The van der Waals surface area contributed by atoms with Crippen LogP contribution in [0.3, 0.4) is 0 Å². The van der Waals surface area contributed by atoms with Gasteiger partial charge in [-0.3, -0.25) is 4.99 Å². The molecule has 0 aromatic heterocycles. The van der Waals surface area contributed by atoms with E-state index in [-0.39, 0.29) is 24.0 Å². The molecule has 0 aromatic rings. The van der Waals surface area contributed by atoms with Gasteiger partial charge in [-0.2, -0.15) is 11.8 Å². The van der Waals surface area contributed by atoms with Crippen molar-refractivity contribution in [2.24, 2.45) is 10.9 Å². The van der Waals surface area contributed by atoms with Gasteiger partial charge in [-0.15, -0.1) is 24.0 Å². The number of hydrogen-bond acceptors (Lipinski definition) is 4. The molecule has 0 aromatic carbocycles. The zero-order chi connectivity index (χ0) is 15.1. The Morgan fingerprint density at radius 3 is 2.77 bits per heavy atom. The molecule has 1 atom stereocenters. The van der Waals surface area contributed by atoms with E-state index in [4.69, 9.17) is 4.74 Å². The molecule has 2 fully saturated rings. The number of aliphatic imine (C=N–C) groups is 1. The number of hydrogen-bond donors (Lipinski definition) is 2. The van der Waals surface area contributed by atoms with Gasteiger partial charge in [0, 0.05) is 46.2 Å². The Hall–Kier alpha value is 0.270. The summed E-state index contributed by atoms with van der Waals surface area (Å²) >= 11 is 1.82. The SMILES string of the molecule is CN=C(NCC1(O)CCSC1)N(C)CCC1CCOCC1.I. The van der Waals surface area contributed by atoms with Crippen LogP contribution in [0, 0.1) is 5.92 Å². The summed E-state index contributed by atoms with van der Waals surface area (Å²) < 4.78 is 5.40. The van der Waals surface area contributed by atoms with Gasteiger partial charge in [-0.1, -0.05) is 0 Å². The van der Waals surface area contributed by atoms with Crippen molar-refractivity contribution in [1.29, 1.82) is 0 Å². The van der Waals surface area contributed by atoms with Crippen LogP contribution in [0.2, 0.25) is 0 Å². The number of halogens is 1.